The number of allylic oxidation sites excluding steroid dienone is 2. The van der Waals surface area contributed by atoms with Crippen molar-refractivity contribution in [2.45, 2.75) is 69.6 Å². The number of hydrogen-bond donors (Lipinski definition) is 3. The van der Waals surface area contributed by atoms with Gasteiger partial charge in [-0.1, -0.05) is 55.3 Å². The minimum Gasteiger partial charge on any atom is -0.463 e. The van der Waals surface area contributed by atoms with Gasteiger partial charge in [-0.05, 0) is 31.2 Å². The van der Waals surface area contributed by atoms with E-state index in [1.807, 2.05) is 6.07 Å². The first-order valence-electron chi connectivity index (χ1n) is 12.6. The lowest BCUT2D eigenvalue weighted by Crippen LogP contribution is -2.51. The smallest absolute Gasteiger partial charge is 0.332 e. The maximum atomic E-state index is 13.1. The molecule has 0 unspecified atom stereocenters. The minimum absolute atomic E-state index is 0.0157. The molecule has 0 bridgehead atoms. The number of esters is 2. The Hall–Kier alpha value is -3.46. The normalized spacial score (nSPS) is 15.6. The molecular weight excluding hydrogens is 476 g/mol. The quantitative estimate of drug-likeness (QED) is 0.228. The van der Waals surface area contributed by atoms with Crippen molar-refractivity contribution in [3.8, 4) is 0 Å². The van der Waals surface area contributed by atoms with Crippen LogP contribution in [0.3, 0.4) is 0 Å². The first-order valence-corrected chi connectivity index (χ1v) is 12.6. The Kier molecular flexibility index (Phi) is 12.6. The van der Waals surface area contributed by atoms with E-state index in [2.05, 4.69) is 23.8 Å². The number of hydrogen-bond acceptors (Lipinski definition) is 7. The van der Waals surface area contributed by atoms with Gasteiger partial charge in [0.15, 0.2) is 6.04 Å². The van der Waals surface area contributed by atoms with Crippen molar-refractivity contribution < 1.29 is 33.8 Å². The van der Waals surface area contributed by atoms with Crippen LogP contribution in [0.4, 0.5) is 0 Å². The van der Waals surface area contributed by atoms with Crippen molar-refractivity contribution in [2.24, 2.45) is 5.92 Å². The molecule has 1 aliphatic carbocycles. The average molecular weight is 515 g/mol. The van der Waals surface area contributed by atoms with Crippen molar-refractivity contribution >= 4 is 23.8 Å². The summed E-state index contributed by atoms with van der Waals surface area (Å²) in [6.45, 7) is 6.64. The monoisotopic (exact) mass is 514 g/mol. The number of aliphatic hydroxyl groups excluding tert-OH is 1. The van der Waals surface area contributed by atoms with Gasteiger partial charge in [-0.3, -0.25) is 14.4 Å². The zero-order chi connectivity index (χ0) is 27.1. The zero-order valence-corrected chi connectivity index (χ0v) is 21.3. The number of benzene rings is 1. The summed E-state index contributed by atoms with van der Waals surface area (Å²) in [5.41, 5.74) is 0.102. The van der Waals surface area contributed by atoms with Crippen LogP contribution < -0.4 is 10.6 Å². The van der Waals surface area contributed by atoms with Crippen LogP contribution in [0.2, 0.25) is 0 Å². The average Bonchev–Trinajstić information content (AvgIpc) is 3.37. The number of carbonyl (C=O) groups excluding carboxylic acids is 4. The Morgan fingerprint density at radius 2 is 1.76 bits per heavy atom. The molecule has 1 saturated carbocycles. The van der Waals surface area contributed by atoms with Gasteiger partial charge in [0.1, 0.15) is 13.2 Å². The van der Waals surface area contributed by atoms with E-state index in [0.29, 0.717) is 19.3 Å². The molecule has 0 heterocycles. The van der Waals surface area contributed by atoms with Crippen LogP contribution in [0.5, 0.6) is 0 Å². The third kappa shape index (κ3) is 10.2. The van der Waals surface area contributed by atoms with Crippen LogP contribution in [-0.4, -0.2) is 53.7 Å². The molecule has 3 N–H and O–H groups in total. The van der Waals surface area contributed by atoms with Gasteiger partial charge in [-0.2, -0.15) is 0 Å². The largest absolute Gasteiger partial charge is 0.463 e. The van der Waals surface area contributed by atoms with E-state index in [1.54, 1.807) is 30.3 Å². The van der Waals surface area contributed by atoms with Gasteiger partial charge in [-0.25, -0.2) is 4.79 Å². The second-order valence-corrected chi connectivity index (χ2v) is 9.28. The van der Waals surface area contributed by atoms with Crippen molar-refractivity contribution in [2.75, 3.05) is 13.2 Å². The molecule has 0 radical (unpaired) electrons. The molecule has 9 heteroatoms. The second-order valence-electron chi connectivity index (χ2n) is 9.28. The summed E-state index contributed by atoms with van der Waals surface area (Å²) >= 11 is 0. The summed E-state index contributed by atoms with van der Waals surface area (Å²) in [5, 5.41) is 15.2. The summed E-state index contributed by atoms with van der Waals surface area (Å²) < 4.78 is 10.5. The van der Waals surface area contributed by atoms with E-state index in [1.165, 1.54) is 6.08 Å². The summed E-state index contributed by atoms with van der Waals surface area (Å²) in [7, 11) is 0. The zero-order valence-electron chi connectivity index (χ0n) is 21.3. The Balaban J connectivity index is 2.04. The predicted molar refractivity (Wildman–Crippen MR) is 138 cm³/mol. The van der Waals surface area contributed by atoms with E-state index < -0.39 is 42.0 Å². The number of amides is 2. The van der Waals surface area contributed by atoms with Gasteiger partial charge in [-0.15, -0.1) is 13.2 Å². The fourth-order valence-electron chi connectivity index (χ4n) is 4.19. The first kappa shape index (κ1) is 29.8. The van der Waals surface area contributed by atoms with Gasteiger partial charge in [0.2, 0.25) is 11.8 Å². The molecule has 2 rings (SSSR count). The highest BCUT2D eigenvalue weighted by molar-refractivity contribution is 5.89. The standard InChI is InChI=1S/C28H38N2O7/c1-3-5-14-25(33)36-19-23(27(35)37-18-21-12-7-6-8-13-21)29-26(34)22(11-4-2)17-24(32)30-28(20-31)15-9-10-16-28/h3-4,6-8,12-13,22-23,31H,1-2,5,9-11,14-20H2,(H,29,34)(H,30,32)/t22-,23-/m1/s1. The van der Waals surface area contributed by atoms with Crippen LogP contribution in [0, 0.1) is 5.92 Å². The van der Waals surface area contributed by atoms with E-state index in [0.717, 1.165) is 18.4 Å². The molecule has 9 nitrogen and oxygen atoms in total. The van der Waals surface area contributed by atoms with Gasteiger partial charge in [0.05, 0.1) is 18.1 Å². The lowest BCUT2D eigenvalue weighted by Gasteiger charge is -2.29. The third-order valence-electron chi connectivity index (χ3n) is 6.31. The first-order chi connectivity index (χ1) is 17.8. The van der Waals surface area contributed by atoms with Crippen LogP contribution in [-0.2, 0) is 35.3 Å². The number of aliphatic hydroxyl groups is 1. The maximum Gasteiger partial charge on any atom is 0.332 e. The van der Waals surface area contributed by atoms with Gasteiger partial charge >= 0.3 is 11.9 Å². The van der Waals surface area contributed by atoms with Gasteiger partial charge in [0, 0.05) is 12.8 Å². The molecule has 1 aliphatic rings. The molecule has 2 amide bonds. The molecule has 1 fully saturated rings. The number of rotatable bonds is 16. The lowest BCUT2D eigenvalue weighted by molar-refractivity contribution is -0.155. The summed E-state index contributed by atoms with van der Waals surface area (Å²) in [6.07, 6.45) is 6.83. The maximum absolute atomic E-state index is 13.1. The fourth-order valence-corrected chi connectivity index (χ4v) is 4.19. The number of ether oxygens (including phenoxy) is 2. The summed E-state index contributed by atoms with van der Waals surface area (Å²) in [5.74, 6) is -3.04. The summed E-state index contributed by atoms with van der Waals surface area (Å²) in [4.78, 5) is 50.7. The van der Waals surface area contributed by atoms with Crippen LogP contribution in [0.1, 0.15) is 56.9 Å². The minimum atomic E-state index is -1.25. The molecule has 37 heavy (non-hydrogen) atoms. The van der Waals surface area contributed by atoms with Gasteiger partial charge in [0.25, 0.3) is 0 Å². The van der Waals surface area contributed by atoms with Crippen LogP contribution in [0.25, 0.3) is 0 Å². The van der Waals surface area contributed by atoms with Crippen LogP contribution >= 0.6 is 0 Å². The molecule has 0 spiro atoms. The van der Waals surface area contributed by atoms with Crippen molar-refractivity contribution in [1.29, 1.82) is 0 Å². The van der Waals surface area contributed by atoms with E-state index in [-0.39, 0.29) is 38.4 Å². The highest BCUT2D eigenvalue weighted by Crippen LogP contribution is 2.29. The Morgan fingerprint density at radius 1 is 1.05 bits per heavy atom. The second kappa shape index (κ2) is 15.6. The molecule has 0 aromatic heterocycles. The van der Waals surface area contributed by atoms with E-state index in [4.69, 9.17) is 9.47 Å². The van der Waals surface area contributed by atoms with E-state index in [9.17, 15) is 24.3 Å². The molecular formula is C28H38N2O7. The van der Waals surface area contributed by atoms with Gasteiger partial charge < -0.3 is 25.2 Å². The molecule has 202 valence electrons. The Bertz CT molecular complexity index is 926. The molecule has 2 atom stereocenters. The van der Waals surface area contributed by atoms with Crippen molar-refractivity contribution in [3.63, 3.8) is 0 Å². The highest BCUT2D eigenvalue weighted by Gasteiger charge is 2.36. The van der Waals surface area contributed by atoms with Crippen LogP contribution in [0.15, 0.2) is 55.6 Å². The number of nitrogens with one attached hydrogen (secondary N) is 2. The molecule has 0 saturated heterocycles. The summed E-state index contributed by atoms with van der Waals surface area (Å²) in [6, 6.07) is 7.78. The lowest BCUT2D eigenvalue weighted by atomic mass is 9.95. The Morgan fingerprint density at radius 3 is 2.38 bits per heavy atom. The molecule has 1 aromatic carbocycles. The SMILES string of the molecule is C=CCCC(=O)OC[C@@H](NC(=O)[C@H](CC=C)CC(=O)NC1(CO)CCCC1)C(=O)OCc1ccccc1. The van der Waals surface area contributed by atoms with Crippen molar-refractivity contribution in [1.82, 2.24) is 10.6 Å². The fraction of sp³-hybridized carbons (Fsp3) is 0.500. The molecule has 0 aliphatic heterocycles. The topological polar surface area (TPSA) is 131 Å². The molecule has 1 aromatic rings. The Labute approximate surface area is 218 Å². The van der Waals surface area contributed by atoms with E-state index >= 15 is 0 Å². The van der Waals surface area contributed by atoms with Crippen molar-refractivity contribution in [3.05, 3.63) is 61.2 Å². The highest BCUT2D eigenvalue weighted by atomic mass is 16.6. The third-order valence-corrected chi connectivity index (χ3v) is 6.31. The number of carbonyl (C=O) groups is 4. The predicted octanol–water partition coefficient (Wildman–Crippen LogP) is 2.73.